The Kier molecular flexibility index (Phi) is 4.02. The van der Waals surface area contributed by atoms with E-state index in [4.69, 9.17) is 9.47 Å². The van der Waals surface area contributed by atoms with Crippen LogP contribution in [0.2, 0.25) is 0 Å². The first-order valence-electron chi connectivity index (χ1n) is 6.29. The molecule has 0 N–H and O–H groups in total. The summed E-state index contributed by atoms with van der Waals surface area (Å²) in [6.07, 6.45) is -4.13. The Balaban J connectivity index is 2.12. The summed E-state index contributed by atoms with van der Waals surface area (Å²) >= 11 is 0. The normalized spacial score (nSPS) is 16.2. The maximum Gasteiger partial charge on any atom is 0.397 e. The molecule has 1 aliphatic carbocycles. The molecule has 2 rings (SSSR count). The molecule has 0 saturated heterocycles. The van der Waals surface area contributed by atoms with Crippen LogP contribution in [0.1, 0.15) is 23.2 Å². The maximum absolute atomic E-state index is 12.8. The number of benzene rings is 1. The van der Waals surface area contributed by atoms with E-state index in [1.165, 1.54) is 32.4 Å². The second-order valence-corrected chi connectivity index (χ2v) is 4.92. The van der Waals surface area contributed by atoms with E-state index in [2.05, 4.69) is 4.74 Å². The van der Waals surface area contributed by atoms with Crippen LogP contribution in [-0.4, -0.2) is 33.0 Å². The molecule has 0 atom stereocenters. The molecule has 0 amide bonds. The van der Waals surface area contributed by atoms with Crippen molar-refractivity contribution in [2.45, 2.75) is 19.0 Å². The zero-order valence-corrected chi connectivity index (χ0v) is 11.6. The number of esters is 1. The van der Waals surface area contributed by atoms with Crippen molar-refractivity contribution in [3.63, 3.8) is 0 Å². The van der Waals surface area contributed by atoms with Crippen LogP contribution in [-0.2, 0) is 4.74 Å². The van der Waals surface area contributed by atoms with Gasteiger partial charge >= 0.3 is 12.1 Å². The van der Waals surface area contributed by atoms with Crippen molar-refractivity contribution in [2.75, 3.05) is 20.8 Å². The van der Waals surface area contributed by atoms with Crippen molar-refractivity contribution in [1.82, 2.24) is 0 Å². The summed E-state index contributed by atoms with van der Waals surface area (Å²) in [4.78, 5) is 11.4. The molecule has 7 heteroatoms. The topological polar surface area (TPSA) is 44.8 Å². The van der Waals surface area contributed by atoms with Gasteiger partial charge in [0.1, 0.15) is 12.0 Å². The van der Waals surface area contributed by atoms with Crippen molar-refractivity contribution >= 4 is 5.97 Å². The number of ether oxygens (including phenoxy) is 3. The fraction of sp³-hybridized carbons (Fsp3) is 0.500. The van der Waals surface area contributed by atoms with E-state index < -0.39 is 24.2 Å². The van der Waals surface area contributed by atoms with Crippen molar-refractivity contribution in [3.8, 4) is 11.5 Å². The summed E-state index contributed by atoms with van der Waals surface area (Å²) in [6.45, 7) is -0.454. The molecule has 4 nitrogen and oxygen atoms in total. The van der Waals surface area contributed by atoms with Gasteiger partial charge in [-0.25, -0.2) is 4.79 Å². The third-order valence-electron chi connectivity index (χ3n) is 3.54. The van der Waals surface area contributed by atoms with E-state index in [-0.39, 0.29) is 29.9 Å². The Labute approximate surface area is 119 Å². The lowest BCUT2D eigenvalue weighted by Crippen LogP contribution is -2.30. The smallest absolute Gasteiger partial charge is 0.397 e. The Morgan fingerprint density at radius 2 is 1.90 bits per heavy atom. The summed E-state index contributed by atoms with van der Waals surface area (Å²) in [5.41, 5.74) is -1.52. The molecule has 1 saturated carbocycles. The Hall–Kier alpha value is -1.92. The molecular formula is C14H15F3O4. The number of halogens is 3. The predicted octanol–water partition coefficient (Wildman–Crippen LogP) is 3.20. The number of carbonyl (C=O) groups is 1. The summed E-state index contributed by atoms with van der Waals surface area (Å²) in [6, 6.07) is 4.18. The molecule has 0 radical (unpaired) electrons. The fourth-order valence-corrected chi connectivity index (χ4v) is 1.91. The van der Waals surface area contributed by atoms with Gasteiger partial charge in [0, 0.05) is 0 Å². The summed E-state index contributed by atoms with van der Waals surface area (Å²) < 4.78 is 53.3. The monoisotopic (exact) mass is 304 g/mol. The fourth-order valence-electron chi connectivity index (χ4n) is 1.91. The van der Waals surface area contributed by atoms with E-state index in [1.54, 1.807) is 0 Å². The SMILES string of the molecule is COC(=O)c1ccc(OCC2(C(F)(F)F)CC2)c(OC)c1. The number of rotatable bonds is 5. The Bertz CT molecular complexity index is 536. The zero-order chi connectivity index (χ0) is 15.7. The van der Waals surface area contributed by atoms with Gasteiger partial charge < -0.3 is 14.2 Å². The first-order chi connectivity index (χ1) is 9.83. The van der Waals surface area contributed by atoms with E-state index >= 15 is 0 Å². The number of carbonyl (C=O) groups excluding carboxylic acids is 1. The molecule has 0 heterocycles. The molecule has 116 valence electrons. The van der Waals surface area contributed by atoms with E-state index in [9.17, 15) is 18.0 Å². The molecule has 0 aliphatic heterocycles. The molecule has 21 heavy (non-hydrogen) atoms. The van der Waals surface area contributed by atoms with Gasteiger partial charge in [0.15, 0.2) is 11.5 Å². The van der Waals surface area contributed by atoms with Gasteiger partial charge in [0.05, 0.1) is 19.8 Å². The second kappa shape index (κ2) is 5.46. The average Bonchev–Trinajstić information content (AvgIpc) is 3.24. The zero-order valence-electron chi connectivity index (χ0n) is 11.6. The van der Waals surface area contributed by atoms with E-state index in [1.807, 2.05) is 0 Å². The van der Waals surface area contributed by atoms with Crippen LogP contribution < -0.4 is 9.47 Å². The van der Waals surface area contributed by atoms with Gasteiger partial charge in [-0.1, -0.05) is 0 Å². The number of hydrogen-bond acceptors (Lipinski definition) is 4. The lowest BCUT2D eigenvalue weighted by molar-refractivity contribution is -0.194. The van der Waals surface area contributed by atoms with Gasteiger partial charge in [0.25, 0.3) is 0 Å². The quantitative estimate of drug-likeness (QED) is 0.784. The molecule has 1 aromatic carbocycles. The van der Waals surface area contributed by atoms with Crippen LogP contribution in [0.15, 0.2) is 18.2 Å². The number of alkyl halides is 3. The first kappa shape index (κ1) is 15.5. The van der Waals surface area contributed by atoms with Gasteiger partial charge in [-0.15, -0.1) is 0 Å². The third kappa shape index (κ3) is 3.06. The van der Waals surface area contributed by atoms with Crippen molar-refractivity contribution in [3.05, 3.63) is 23.8 Å². The number of hydrogen-bond donors (Lipinski definition) is 0. The third-order valence-corrected chi connectivity index (χ3v) is 3.54. The predicted molar refractivity (Wildman–Crippen MR) is 67.6 cm³/mol. The van der Waals surface area contributed by atoms with Gasteiger partial charge in [-0.3, -0.25) is 0 Å². The lowest BCUT2D eigenvalue weighted by Gasteiger charge is -2.20. The standard InChI is InChI=1S/C14H15F3O4/c1-19-11-7-9(12(18)20-2)3-4-10(11)21-8-13(5-6-13)14(15,16)17/h3-4,7H,5-6,8H2,1-2H3. The second-order valence-electron chi connectivity index (χ2n) is 4.92. The summed E-state index contributed by atoms with van der Waals surface area (Å²) in [7, 11) is 2.58. The summed E-state index contributed by atoms with van der Waals surface area (Å²) in [5.74, 6) is -0.203. The van der Waals surface area contributed by atoms with Gasteiger partial charge in [0.2, 0.25) is 0 Å². The van der Waals surface area contributed by atoms with Crippen molar-refractivity contribution in [1.29, 1.82) is 0 Å². The molecule has 0 aromatic heterocycles. The molecule has 1 fully saturated rings. The largest absolute Gasteiger partial charge is 0.493 e. The average molecular weight is 304 g/mol. The van der Waals surface area contributed by atoms with E-state index in [0.717, 1.165) is 0 Å². The Morgan fingerprint density at radius 3 is 2.38 bits per heavy atom. The maximum atomic E-state index is 12.8. The molecular weight excluding hydrogens is 289 g/mol. The summed E-state index contributed by atoms with van der Waals surface area (Å²) in [5, 5.41) is 0. The van der Waals surface area contributed by atoms with E-state index in [0.29, 0.717) is 0 Å². The highest BCUT2D eigenvalue weighted by molar-refractivity contribution is 5.90. The minimum Gasteiger partial charge on any atom is -0.493 e. The minimum absolute atomic E-state index is 0.0685. The molecule has 0 spiro atoms. The molecule has 0 bridgehead atoms. The van der Waals surface area contributed by atoms with Crippen LogP contribution in [0.3, 0.4) is 0 Å². The highest BCUT2D eigenvalue weighted by Gasteiger charge is 2.63. The highest BCUT2D eigenvalue weighted by Crippen LogP contribution is 2.57. The molecule has 1 aromatic rings. The van der Waals surface area contributed by atoms with Crippen LogP contribution in [0.4, 0.5) is 13.2 Å². The first-order valence-corrected chi connectivity index (χ1v) is 6.29. The Morgan fingerprint density at radius 1 is 1.24 bits per heavy atom. The molecule has 0 unspecified atom stereocenters. The van der Waals surface area contributed by atoms with Gasteiger partial charge in [-0.2, -0.15) is 13.2 Å². The minimum atomic E-state index is -4.27. The lowest BCUT2D eigenvalue weighted by atomic mass is 10.1. The van der Waals surface area contributed by atoms with Crippen molar-refractivity contribution in [2.24, 2.45) is 5.41 Å². The molecule has 1 aliphatic rings. The number of methoxy groups -OCH3 is 2. The van der Waals surface area contributed by atoms with Crippen LogP contribution in [0.5, 0.6) is 11.5 Å². The highest BCUT2D eigenvalue weighted by atomic mass is 19.4. The van der Waals surface area contributed by atoms with Crippen molar-refractivity contribution < 1.29 is 32.2 Å². The van der Waals surface area contributed by atoms with Gasteiger partial charge in [-0.05, 0) is 31.0 Å². The van der Waals surface area contributed by atoms with Crippen LogP contribution >= 0.6 is 0 Å². The van der Waals surface area contributed by atoms with Crippen LogP contribution in [0, 0.1) is 5.41 Å². The van der Waals surface area contributed by atoms with Crippen LogP contribution in [0.25, 0.3) is 0 Å².